The van der Waals surface area contributed by atoms with Crippen LogP contribution in [-0.4, -0.2) is 23.5 Å². The van der Waals surface area contributed by atoms with Crippen LogP contribution in [0.3, 0.4) is 0 Å². The van der Waals surface area contributed by atoms with E-state index in [9.17, 15) is 0 Å². The molecule has 3 nitrogen and oxygen atoms in total. The lowest BCUT2D eigenvalue weighted by atomic mass is 10.4. The molecule has 0 spiro atoms. The quantitative estimate of drug-likeness (QED) is 0.707. The summed E-state index contributed by atoms with van der Waals surface area (Å²) in [4.78, 5) is 3.99. The number of anilines is 2. The summed E-state index contributed by atoms with van der Waals surface area (Å²) in [6.07, 6.45) is 5.05. The van der Waals surface area contributed by atoms with Gasteiger partial charge in [-0.25, -0.2) is 4.98 Å². The standard InChI is InChI=1S/C9H15N3S/c1-13-6-2-5-11-8-3-4-9(10)12-7-8/h3-4,7,11H,2,5-6H2,1H3,(H2,10,12). The summed E-state index contributed by atoms with van der Waals surface area (Å²) in [5.41, 5.74) is 6.50. The predicted molar refractivity (Wildman–Crippen MR) is 60.1 cm³/mol. The van der Waals surface area contributed by atoms with Gasteiger partial charge in [-0.15, -0.1) is 0 Å². The minimum atomic E-state index is 0.565. The van der Waals surface area contributed by atoms with E-state index in [0.717, 1.165) is 12.2 Å². The van der Waals surface area contributed by atoms with Crippen molar-refractivity contribution in [2.24, 2.45) is 0 Å². The van der Waals surface area contributed by atoms with Crippen LogP contribution < -0.4 is 11.1 Å². The molecule has 0 radical (unpaired) electrons. The molecule has 0 atom stereocenters. The Morgan fingerprint density at radius 1 is 1.54 bits per heavy atom. The lowest BCUT2D eigenvalue weighted by Gasteiger charge is -2.04. The molecular weight excluding hydrogens is 182 g/mol. The van der Waals surface area contributed by atoms with Crippen molar-refractivity contribution in [1.82, 2.24) is 4.98 Å². The fourth-order valence-electron chi connectivity index (χ4n) is 0.959. The lowest BCUT2D eigenvalue weighted by molar-refractivity contribution is 0.991. The molecular formula is C9H15N3S. The number of aromatic nitrogens is 1. The third kappa shape index (κ3) is 4.03. The Labute approximate surface area is 83.1 Å². The van der Waals surface area contributed by atoms with Gasteiger partial charge in [-0.1, -0.05) is 0 Å². The Kier molecular flexibility index (Phi) is 4.46. The van der Waals surface area contributed by atoms with Crippen LogP contribution in [-0.2, 0) is 0 Å². The average Bonchev–Trinajstić information content (AvgIpc) is 2.15. The van der Waals surface area contributed by atoms with Crippen LogP contribution in [0.25, 0.3) is 0 Å². The van der Waals surface area contributed by atoms with Crippen molar-refractivity contribution >= 4 is 23.3 Å². The number of rotatable bonds is 5. The molecule has 1 rings (SSSR count). The van der Waals surface area contributed by atoms with Gasteiger partial charge in [0.2, 0.25) is 0 Å². The first-order valence-electron chi connectivity index (χ1n) is 4.27. The Balaban J connectivity index is 2.25. The van der Waals surface area contributed by atoms with Gasteiger partial charge in [-0.2, -0.15) is 11.8 Å². The molecule has 13 heavy (non-hydrogen) atoms. The van der Waals surface area contributed by atoms with E-state index in [4.69, 9.17) is 5.73 Å². The number of pyridine rings is 1. The number of nitrogens with zero attached hydrogens (tertiary/aromatic N) is 1. The van der Waals surface area contributed by atoms with E-state index in [2.05, 4.69) is 16.6 Å². The average molecular weight is 197 g/mol. The molecule has 1 aromatic rings. The Bertz CT molecular complexity index is 235. The third-order valence-electron chi connectivity index (χ3n) is 1.64. The monoisotopic (exact) mass is 197 g/mol. The van der Waals surface area contributed by atoms with Crippen molar-refractivity contribution in [3.63, 3.8) is 0 Å². The summed E-state index contributed by atoms with van der Waals surface area (Å²) in [5.74, 6) is 1.75. The maximum atomic E-state index is 5.46. The fraction of sp³-hybridized carbons (Fsp3) is 0.444. The molecule has 1 aromatic heterocycles. The molecule has 0 amide bonds. The van der Waals surface area contributed by atoms with Crippen LogP contribution in [0.15, 0.2) is 18.3 Å². The number of nitrogens with one attached hydrogen (secondary N) is 1. The number of thioether (sulfide) groups is 1. The van der Waals surface area contributed by atoms with E-state index in [1.54, 1.807) is 12.3 Å². The zero-order chi connectivity index (χ0) is 9.52. The van der Waals surface area contributed by atoms with Gasteiger partial charge in [0.1, 0.15) is 5.82 Å². The van der Waals surface area contributed by atoms with Crippen LogP contribution in [0.4, 0.5) is 11.5 Å². The van der Waals surface area contributed by atoms with E-state index in [1.807, 2.05) is 17.8 Å². The topological polar surface area (TPSA) is 50.9 Å². The smallest absolute Gasteiger partial charge is 0.123 e. The van der Waals surface area contributed by atoms with Crippen molar-refractivity contribution < 1.29 is 0 Å². The molecule has 0 aliphatic rings. The van der Waals surface area contributed by atoms with E-state index >= 15 is 0 Å². The molecule has 0 bridgehead atoms. The fourth-order valence-corrected chi connectivity index (χ4v) is 1.39. The Morgan fingerprint density at radius 3 is 3.00 bits per heavy atom. The van der Waals surface area contributed by atoms with Gasteiger partial charge >= 0.3 is 0 Å². The maximum absolute atomic E-state index is 5.46. The largest absolute Gasteiger partial charge is 0.384 e. The highest BCUT2D eigenvalue weighted by atomic mass is 32.2. The first-order valence-corrected chi connectivity index (χ1v) is 5.66. The normalized spacial score (nSPS) is 9.92. The van der Waals surface area contributed by atoms with Crippen LogP contribution in [0.5, 0.6) is 0 Å². The molecule has 0 aliphatic carbocycles. The second kappa shape index (κ2) is 5.70. The molecule has 0 fully saturated rings. The van der Waals surface area contributed by atoms with Crippen LogP contribution >= 0.6 is 11.8 Å². The summed E-state index contributed by atoms with van der Waals surface area (Å²) >= 11 is 1.86. The van der Waals surface area contributed by atoms with Crippen molar-refractivity contribution in [3.8, 4) is 0 Å². The second-order valence-electron chi connectivity index (χ2n) is 2.74. The number of hydrogen-bond acceptors (Lipinski definition) is 4. The summed E-state index contributed by atoms with van der Waals surface area (Å²) in [5, 5.41) is 3.28. The zero-order valence-corrected chi connectivity index (χ0v) is 8.60. The molecule has 3 N–H and O–H groups in total. The Hall–Kier alpha value is -0.900. The van der Waals surface area contributed by atoms with E-state index in [-0.39, 0.29) is 0 Å². The van der Waals surface area contributed by atoms with Crippen molar-refractivity contribution in [2.45, 2.75) is 6.42 Å². The highest BCUT2D eigenvalue weighted by Crippen LogP contribution is 2.06. The number of hydrogen-bond donors (Lipinski definition) is 2. The second-order valence-corrected chi connectivity index (χ2v) is 3.73. The van der Waals surface area contributed by atoms with Crippen LogP contribution in [0.2, 0.25) is 0 Å². The lowest BCUT2D eigenvalue weighted by Crippen LogP contribution is -2.03. The number of nitrogens with two attached hydrogens (primary N) is 1. The number of nitrogen functional groups attached to an aromatic ring is 1. The van der Waals surface area contributed by atoms with Crippen LogP contribution in [0.1, 0.15) is 6.42 Å². The minimum absolute atomic E-state index is 0.565. The highest BCUT2D eigenvalue weighted by molar-refractivity contribution is 7.98. The highest BCUT2D eigenvalue weighted by Gasteiger charge is 1.91. The first kappa shape index (κ1) is 10.2. The molecule has 0 saturated heterocycles. The Morgan fingerprint density at radius 2 is 2.38 bits per heavy atom. The summed E-state index contributed by atoms with van der Waals surface area (Å²) in [6.45, 7) is 0.992. The SMILES string of the molecule is CSCCCNc1ccc(N)nc1. The van der Waals surface area contributed by atoms with Gasteiger partial charge in [-0.05, 0) is 30.6 Å². The van der Waals surface area contributed by atoms with Gasteiger partial charge in [0.25, 0.3) is 0 Å². The summed E-state index contributed by atoms with van der Waals surface area (Å²) < 4.78 is 0. The first-order chi connectivity index (χ1) is 6.33. The molecule has 0 unspecified atom stereocenters. The molecule has 0 aliphatic heterocycles. The summed E-state index contributed by atoms with van der Waals surface area (Å²) in [6, 6.07) is 3.75. The molecule has 1 heterocycles. The molecule has 4 heteroatoms. The van der Waals surface area contributed by atoms with Gasteiger partial charge in [0.15, 0.2) is 0 Å². The molecule has 0 aromatic carbocycles. The van der Waals surface area contributed by atoms with Crippen molar-refractivity contribution in [3.05, 3.63) is 18.3 Å². The van der Waals surface area contributed by atoms with Crippen molar-refractivity contribution in [2.75, 3.05) is 29.6 Å². The van der Waals surface area contributed by atoms with Gasteiger partial charge in [0, 0.05) is 6.54 Å². The third-order valence-corrected chi connectivity index (χ3v) is 2.34. The maximum Gasteiger partial charge on any atom is 0.123 e. The van der Waals surface area contributed by atoms with Gasteiger partial charge in [0.05, 0.1) is 11.9 Å². The van der Waals surface area contributed by atoms with Crippen LogP contribution in [0, 0.1) is 0 Å². The van der Waals surface area contributed by atoms with Gasteiger partial charge in [-0.3, -0.25) is 0 Å². The summed E-state index contributed by atoms with van der Waals surface area (Å²) in [7, 11) is 0. The van der Waals surface area contributed by atoms with E-state index in [1.165, 1.54) is 12.2 Å². The van der Waals surface area contributed by atoms with Crippen molar-refractivity contribution in [1.29, 1.82) is 0 Å². The van der Waals surface area contributed by atoms with E-state index in [0.29, 0.717) is 5.82 Å². The zero-order valence-electron chi connectivity index (χ0n) is 7.79. The van der Waals surface area contributed by atoms with Gasteiger partial charge < -0.3 is 11.1 Å². The molecule has 72 valence electrons. The minimum Gasteiger partial charge on any atom is -0.384 e. The predicted octanol–water partition coefficient (Wildman–Crippen LogP) is 1.83. The van der Waals surface area contributed by atoms with E-state index < -0.39 is 0 Å². The molecule has 0 saturated carbocycles.